The molecule has 1 N–H and O–H groups in total. The summed E-state index contributed by atoms with van der Waals surface area (Å²) in [6.45, 7) is 1.94. The molecule has 1 aliphatic rings. The van der Waals surface area contributed by atoms with Crippen LogP contribution in [0.15, 0.2) is 106 Å². The van der Waals surface area contributed by atoms with Crippen LogP contribution in [0.4, 0.5) is 5.69 Å². The van der Waals surface area contributed by atoms with Crippen molar-refractivity contribution in [2.24, 2.45) is 4.99 Å². The number of hydrogen-bond donors (Lipinski definition) is 1. The minimum atomic E-state index is -0.766. The van der Waals surface area contributed by atoms with Gasteiger partial charge in [-0.05, 0) is 78.2 Å². The van der Waals surface area contributed by atoms with Crippen LogP contribution in [0.3, 0.4) is 0 Å². The molecule has 6 rings (SSSR count). The highest BCUT2D eigenvalue weighted by Gasteiger charge is 2.33. The van der Waals surface area contributed by atoms with Gasteiger partial charge in [0, 0.05) is 5.69 Å². The summed E-state index contributed by atoms with van der Waals surface area (Å²) in [5.74, 6) is 0.950. The summed E-state index contributed by atoms with van der Waals surface area (Å²) in [5, 5.41) is 4.11. The highest BCUT2D eigenvalue weighted by Crippen LogP contribution is 2.38. The lowest BCUT2D eigenvalue weighted by Crippen LogP contribution is -2.40. The van der Waals surface area contributed by atoms with Crippen molar-refractivity contribution in [1.82, 2.24) is 4.57 Å². The molecule has 1 atom stereocenters. The minimum absolute atomic E-state index is 0.175. The number of allylic oxidation sites excluding steroid dienone is 1. The number of hydrogen-bond acceptors (Lipinski definition) is 7. The average Bonchev–Trinajstić information content (AvgIpc) is 3.38. The number of rotatable bonds is 9. The van der Waals surface area contributed by atoms with E-state index >= 15 is 0 Å². The van der Waals surface area contributed by atoms with Gasteiger partial charge in [-0.1, -0.05) is 82.5 Å². The SMILES string of the molecule is COc1cccc([C@@H]2C(C(=O)Nc3ccccc3)=C(C)N=c3s/c(=C\c4cc(Cl)c(OCc5ccc(Cl)c(Cl)c5)c(OC)c4)c(=O)n32)c1. The number of ether oxygens (including phenoxy) is 3. The fourth-order valence-corrected chi connectivity index (χ4v) is 7.00. The third-order valence-corrected chi connectivity index (χ3v) is 9.63. The highest BCUT2D eigenvalue weighted by atomic mass is 35.5. The van der Waals surface area contributed by atoms with Crippen molar-refractivity contribution < 1.29 is 19.0 Å². The van der Waals surface area contributed by atoms with Gasteiger partial charge in [-0.15, -0.1) is 0 Å². The number of nitrogens with one attached hydrogen (secondary N) is 1. The lowest BCUT2D eigenvalue weighted by Gasteiger charge is -2.25. The molecule has 4 aromatic carbocycles. The Bertz CT molecular complexity index is 2250. The van der Waals surface area contributed by atoms with Gasteiger partial charge in [0.15, 0.2) is 16.3 Å². The van der Waals surface area contributed by atoms with Gasteiger partial charge >= 0.3 is 0 Å². The van der Waals surface area contributed by atoms with Crippen LogP contribution >= 0.6 is 46.1 Å². The summed E-state index contributed by atoms with van der Waals surface area (Å²) in [7, 11) is 3.08. The molecule has 2 heterocycles. The Morgan fingerprint density at radius 1 is 0.938 bits per heavy atom. The van der Waals surface area contributed by atoms with Gasteiger partial charge in [-0.25, -0.2) is 4.99 Å². The van der Waals surface area contributed by atoms with E-state index in [1.165, 1.54) is 18.4 Å². The molecule has 0 spiro atoms. The second-order valence-corrected chi connectivity index (χ2v) is 13.0. The number of halogens is 3. The Kier molecular flexibility index (Phi) is 9.93. The van der Waals surface area contributed by atoms with Crippen molar-refractivity contribution in [2.45, 2.75) is 19.6 Å². The van der Waals surface area contributed by atoms with Crippen LogP contribution in [-0.4, -0.2) is 24.7 Å². The molecule has 0 saturated carbocycles. The van der Waals surface area contributed by atoms with E-state index in [0.717, 1.165) is 5.56 Å². The van der Waals surface area contributed by atoms with E-state index in [1.807, 2.05) is 42.5 Å². The van der Waals surface area contributed by atoms with Gasteiger partial charge in [0.05, 0.1) is 51.1 Å². The number of anilines is 1. The van der Waals surface area contributed by atoms with E-state index in [0.29, 0.717) is 69.7 Å². The molecular weight excluding hydrogens is 693 g/mol. The molecular formula is C36H28Cl3N3O5S. The molecule has 1 amide bonds. The smallest absolute Gasteiger partial charge is 0.271 e. The zero-order chi connectivity index (χ0) is 33.9. The second-order valence-electron chi connectivity index (χ2n) is 10.7. The number of carbonyl (C=O) groups is 1. The maximum Gasteiger partial charge on any atom is 0.271 e. The maximum atomic E-state index is 14.2. The summed E-state index contributed by atoms with van der Waals surface area (Å²) < 4.78 is 19.0. The molecule has 0 saturated heterocycles. The van der Waals surface area contributed by atoms with Crippen LogP contribution in [0.2, 0.25) is 15.1 Å². The Morgan fingerprint density at radius 2 is 1.73 bits per heavy atom. The van der Waals surface area contributed by atoms with Crippen LogP contribution < -0.4 is 34.4 Å². The van der Waals surface area contributed by atoms with Crippen LogP contribution in [0, 0.1) is 0 Å². The number of para-hydroxylation sites is 1. The Labute approximate surface area is 295 Å². The van der Waals surface area contributed by atoms with Crippen molar-refractivity contribution >= 4 is 63.8 Å². The predicted octanol–water partition coefficient (Wildman–Crippen LogP) is 7.43. The normalized spacial score (nSPS) is 14.3. The Morgan fingerprint density at radius 3 is 2.46 bits per heavy atom. The molecule has 8 nitrogen and oxygen atoms in total. The van der Waals surface area contributed by atoms with E-state index in [2.05, 4.69) is 5.32 Å². The summed E-state index contributed by atoms with van der Waals surface area (Å²) in [5.41, 5.74) is 3.25. The molecule has 0 radical (unpaired) electrons. The number of thiazole rings is 1. The van der Waals surface area contributed by atoms with Crippen LogP contribution in [-0.2, 0) is 11.4 Å². The molecule has 0 fully saturated rings. The molecule has 1 aliphatic heterocycles. The maximum absolute atomic E-state index is 14.2. The van der Waals surface area contributed by atoms with Crippen molar-refractivity contribution in [3.05, 3.63) is 148 Å². The average molecular weight is 721 g/mol. The number of methoxy groups -OCH3 is 2. The molecule has 0 aliphatic carbocycles. The standard InChI is InChI=1S/C36H28Cl3N3O5S/c1-20-31(34(43)41-24-9-5-4-6-10-24)32(23-8-7-11-25(18-23)45-2)42-35(44)30(48-36(42)40-20)17-22-15-28(39)33(29(16-22)46-3)47-19-21-12-13-26(37)27(38)14-21/h4-18,32H,19H2,1-3H3,(H,41,43)/b30-17-/t32-/m1/s1. The lowest BCUT2D eigenvalue weighted by molar-refractivity contribution is -0.113. The summed E-state index contributed by atoms with van der Waals surface area (Å²) >= 11 is 20.1. The van der Waals surface area contributed by atoms with Crippen molar-refractivity contribution in [1.29, 1.82) is 0 Å². The molecule has 0 bridgehead atoms. The van der Waals surface area contributed by atoms with Crippen LogP contribution in [0.25, 0.3) is 6.08 Å². The van der Waals surface area contributed by atoms with Crippen molar-refractivity contribution in [3.8, 4) is 17.2 Å². The van der Waals surface area contributed by atoms with Crippen molar-refractivity contribution in [3.63, 3.8) is 0 Å². The minimum Gasteiger partial charge on any atom is -0.497 e. The van der Waals surface area contributed by atoms with E-state index in [4.69, 9.17) is 54.0 Å². The summed E-state index contributed by atoms with van der Waals surface area (Å²) in [6, 6.07) is 24.3. The van der Waals surface area contributed by atoms with Gasteiger partial charge in [0.25, 0.3) is 11.5 Å². The van der Waals surface area contributed by atoms with Gasteiger partial charge in [-0.2, -0.15) is 0 Å². The van der Waals surface area contributed by atoms with Crippen molar-refractivity contribution in [2.75, 3.05) is 19.5 Å². The van der Waals surface area contributed by atoms with Gasteiger partial charge in [-0.3, -0.25) is 14.2 Å². The zero-order valence-electron chi connectivity index (χ0n) is 25.9. The van der Waals surface area contributed by atoms with Gasteiger partial charge in [0.1, 0.15) is 12.4 Å². The predicted molar refractivity (Wildman–Crippen MR) is 191 cm³/mol. The van der Waals surface area contributed by atoms with E-state index in [9.17, 15) is 9.59 Å². The first-order chi connectivity index (χ1) is 23.2. The lowest BCUT2D eigenvalue weighted by atomic mass is 9.95. The van der Waals surface area contributed by atoms with E-state index < -0.39 is 6.04 Å². The number of carbonyl (C=O) groups excluding carboxylic acids is 1. The van der Waals surface area contributed by atoms with Crippen LogP contribution in [0.5, 0.6) is 17.2 Å². The third kappa shape index (κ3) is 6.86. The Hall–Kier alpha value is -4.54. The second kappa shape index (κ2) is 14.3. The Balaban J connectivity index is 1.40. The summed E-state index contributed by atoms with van der Waals surface area (Å²) in [4.78, 5) is 33.2. The number of nitrogens with zero attached hydrogens (tertiary/aromatic N) is 2. The van der Waals surface area contributed by atoms with Gasteiger partial charge in [0.2, 0.25) is 0 Å². The quantitative estimate of drug-likeness (QED) is 0.171. The topological polar surface area (TPSA) is 91.2 Å². The third-order valence-electron chi connectivity index (χ3n) is 7.62. The summed E-state index contributed by atoms with van der Waals surface area (Å²) in [6.07, 6.45) is 1.71. The monoisotopic (exact) mass is 719 g/mol. The first kappa shape index (κ1) is 33.4. The van der Waals surface area contributed by atoms with Crippen LogP contribution in [0.1, 0.15) is 29.7 Å². The van der Waals surface area contributed by atoms with Gasteiger partial charge < -0.3 is 19.5 Å². The number of fused-ring (bicyclic) bond motifs is 1. The zero-order valence-corrected chi connectivity index (χ0v) is 29.0. The highest BCUT2D eigenvalue weighted by molar-refractivity contribution is 7.07. The molecule has 5 aromatic rings. The number of benzene rings is 4. The first-order valence-electron chi connectivity index (χ1n) is 14.6. The molecule has 0 unspecified atom stereocenters. The molecule has 12 heteroatoms. The fourth-order valence-electron chi connectivity index (χ4n) is 5.36. The fraction of sp³-hybridized carbons (Fsp3) is 0.139. The molecule has 1 aromatic heterocycles. The number of aromatic nitrogens is 1. The van der Waals surface area contributed by atoms with E-state index in [1.54, 1.807) is 67.1 Å². The largest absolute Gasteiger partial charge is 0.497 e. The molecule has 48 heavy (non-hydrogen) atoms. The first-order valence-corrected chi connectivity index (χ1v) is 16.6. The number of amides is 1. The van der Waals surface area contributed by atoms with E-state index in [-0.39, 0.29) is 18.1 Å². The molecule has 244 valence electrons.